The molecule has 5 rings (SSSR count). The van der Waals surface area contributed by atoms with Gasteiger partial charge < -0.3 is 5.32 Å². The number of benzene rings is 3. The largest absolute Gasteiger partial charge is 0.326 e. The number of urea groups is 1. The maximum absolute atomic E-state index is 14.2. The molecule has 0 unspecified atom stereocenters. The molecule has 1 spiro atoms. The van der Waals surface area contributed by atoms with E-state index in [4.69, 9.17) is 0 Å². The molecule has 0 atom stereocenters. The molecule has 2 amide bonds. The number of para-hydroxylation sites is 1. The Bertz CT molecular complexity index is 1110. The molecule has 0 saturated carbocycles. The molecular formula is C27H28FN3O. The van der Waals surface area contributed by atoms with E-state index in [0.29, 0.717) is 6.54 Å². The Hall–Kier alpha value is -3.18. The van der Waals surface area contributed by atoms with Gasteiger partial charge >= 0.3 is 6.03 Å². The van der Waals surface area contributed by atoms with Gasteiger partial charge in [0.2, 0.25) is 0 Å². The first-order chi connectivity index (χ1) is 15.5. The highest BCUT2D eigenvalue weighted by Gasteiger charge is 2.46. The fourth-order valence-corrected chi connectivity index (χ4v) is 5.05. The number of likely N-dealkylation sites (tertiary alicyclic amines) is 1. The van der Waals surface area contributed by atoms with Crippen molar-refractivity contribution in [3.8, 4) is 0 Å². The number of nitrogens with zero attached hydrogens (tertiary/aromatic N) is 2. The third-order valence-electron chi connectivity index (χ3n) is 6.89. The third-order valence-corrected chi connectivity index (χ3v) is 6.89. The second kappa shape index (κ2) is 8.40. The summed E-state index contributed by atoms with van der Waals surface area (Å²) in [6.07, 6.45) is 1.81. The van der Waals surface area contributed by atoms with Gasteiger partial charge in [0.25, 0.3) is 0 Å². The van der Waals surface area contributed by atoms with Crippen LogP contribution in [-0.2, 0) is 12.0 Å². The van der Waals surface area contributed by atoms with Gasteiger partial charge in [-0.25, -0.2) is 9.18 Å². The lowest BCUT2D eigenvalue weighted by molar-refractivity contribution is 0.160. The van der Waals surface area contributed by atoms with Crippen molar-refractivity contribution in [1.29, 1.82) is 0 Å². The number of aryl methyl sites for hydroxylation is 1. The van der Waals surface area contributed by atoms with Crippen LogP contribution < -0.4 is 10.2 Å². The first kappa shape index (κ1) is 20.7. The first-order valence-electron chi connectivity index (χ1n) is 11.2. The SMILES string of the molecule is Cc1ccc(CN2CCC3(CC2)CN(C(=O)Nc2ccccc2)c2ccc(F)cc23)cc1. The van der Waals surface area contributed by atoms with Crippen LogP contribution in [0.15, 0.2) is 72.8 Å². The molecule has 0 radical (unpaired) electrons. The second-order valence-electron chi connectivity index (χ2n) is 9.09. The number of hydrogen-bond acceptors (Lipinski definition) is 2. The van der Waals surface area contributed by atoms with E-state index in [0.717, 1.165) is 49.4 Å². The van der Waals surface area contributed by atoms with Gasteiger partial charge in [0.15, 0.2) is 0 Å². The normalized spacial score (nSPS) is 17.4. The predicted octanol–water partition coefficient (Wildman–Crippen LogP) is 5.72. The molecule has 2 aliphatic rings. The summed E-state index contributed by atoms with van der Waals surface area (Å²) in [5.74, 6) is -0.240. The Morgan fingerprint density at radius 2 is 1.72 bits per heavy atom. The molecule has 2 aliphatic heterocycles. The Balaban J connectivity index is 1.34. The van der Waals surface area contributed by atoms with Gasteiger partial charge in [0.1, 0.15) is 5.82 Å². The van der Waals surface area contributed by atoms with Crippen molar-refractivity contribution in [2.75, 3.05) is 29.9 Å². The van der Waals surface area contributed by atoms with Gasteiger partial charge in [0, 0.05) is 29.9 Å². The van der Waals surface area contributed by atoms with Crippen LogP contribution in [0.1, 0.15) is 29.5 Å². The maximum Gasteiger partial charge on any atom is 0.326 e. The first-order valence-corrected chi connectivity index (χ1v) is 11.2. The summed E-state index contributed by atoms with van der Waals surface area (Å²) < 4.78 is 14.2. The minimum atomic E-state index is -0.240. The number of fused-ring (bicyclic) bond motifs is 2. The van der Waals surface area contributed by atoms with E-state index < -0.39 is 0 Å². The maximum atomic E-state index is 14.2. The fourth-order valence-electron chi connectivity index (χ4n) is 5.05. The van der Waals surface area contributed by atoms with Crippen molar-refractivity contribution in [3.63, 3.8) is 0 Å². The molecule has 0 aliphatic carbocycles. The van der Waals surface area contributed by atoms with Gasteiger partial charge in [-0.15, -0.1) is 0 Å². The zero-order valence-electron chi connectivity index (χ0n) is 18.4. The summed E-state index contributed by atoms with van der Waals surface area (Å²) >= 11 is 0. The van der Waals surface area contributed by atoms with Crippen molar-refractivity contribution >= 4 is 17.4 Å². The lowest BCUT2D eigenvalue weighted by Crippen LogP contribution is -2.46. The molecule has 5 heteroatoms. The third kappa shape index (κ3) is 4.00. The zero-order chi connectivity index (χ0) is 22.1. The number of carbonyl (C=O) groups is 1. The number of amides is 2. The Morgan fingerprint density at radius 1 is 1.00 bits per heavy atom. The van der Waals surface area contributed by atoms with E-state index in [9.17, 15) is 9.18 Å². The average molecular weight is 430 g/mol. The highest BCUT2D eigenvalue weighted by atomic mass is 19.1. The van der Waals surface area contributed by atoms with Crippen LogP contribution in [0, 0.1) is 12.7 Å². The van der Waals surface area contributed by atoms with Crippen molar-refractivity contribution in [2.45, 2.75) is 31.7 Å². The van der Waals surface area contributed by atoms with Crippen LogP contribution in [-0.4, -0.2) is 30.6 Å². The van der Waals surface area contributed by atoms with Crippen molar-refractivity contribution in [2.24, 2.45) is 0 Å². The van der Waals surface area contributed by atoms with Crippen LogP contribution in [0.5, 0.6) is 0 Å². The van der Waals surface area contributed by atoms with Gasteiger partial charge in [0.05, 0.1) is 0 Å². The van der Waals surface area contributed by atoms with E-state index >= 15 is 0 Å². The standard InChI is InChI=1S/C27H28FN3O/c1-20-7-9-21(10-8-20)18-30-15-13-27(14-16-30)19-31(25-12-11-22(28)17-24(25)27)26(32)29-23-5-3-2-4-6-23/h2-12,17H,13-16,18-19H2,1H3,(H,29,32). The summed E-state index contributed by atoms with van der Waals surface area (Å²) in [6.45, 7) is 5.47. The zero-order valence-corrected chi connectivity index (χ0v) is 18.4. The van der Waals surface area contributed by atoms with E-state index in [2.05, 4.69) is 41.4 Å². The molecule has 32 heavy (non-hydrogen) atoms. The van der Waals surface area contributed by atoms with E-state index in [-0.39, 0.29) is 17.3 Å². The lowest BCUT2D eigenvalue weighted by atomic mass is 9.74. The van der Waals surface area contributed by atoms with Crippen molar-refractivity contribution < 1.29 is 9.18 Å². The minimum absolute atomic E-state index is 0.164. The second-order valence-corrected chi connectivity index (χ2v) is 9.09. The van der Waals surface area contributed by atoms with Crippen LogP contribution in [0.4, 0.5) is 20.6 Å². The molecule has 2 heterocycles. The van der Waals surface area contributed by atoms with E-state index in [1.54, 1.807) is 17.0 Å². The molecule has 1 fully saturated rings. The summed E-state index contributed by atoms with van der Waals surface area (Å²) in [5, 5.41) is 2.99. The van der Waals surface area contributed by atoms with Crippen molar-refractivity contribution in [3.05, 3.63) is 95.3 Å². The number of piperidine rings is 1. The van der Waals surface area contributed by atoms with Crippen molar-refractivity contribution in [1.82, 2.24) is 4.90 Å². The van der Waals surface area contributed by atoms with Gasteiger partial charge in [-0.2, -0.15) is 0 Å². The number of halogens is 1. The minimum Gasteiger partial charge on any atom is -0.308 e. The van der Waals surface area contributed by atoms with E-state index in [1.165, 1.54) is 17.2 Å². The Kier molecular flexibility index (Phi) is 5.43. The average Bonchev–Trinajstić information content (AvgIpc) is 3.11. The van der Waals surface area contributed by atoms with Gasteiger partial charge in [-0.05, 0) is 74.3 Å². The fraction of sp³-hybridized carbons (Fsp3) is 0.296. The van der Waals surface area contributed by atoms with Crippen LogP contribution in [0.3, 0.4) is 0 Å². The van der Waals surface area contributed by atoms with Gasteiger partial charge in [-0.1, -0.05) is 48.0 Å². The number of rotatable bonds is 3. The number of nitrogens with one attached hydrogen (secondary N) is 1. The summed E-state index contributed by atoms with van der Waals surface area (Å²) in [4.78, 5) is 17.4. The molecule has 3 aromatic carbocycles. The predicted molar refractivity (Wildman–Crippen MR) is 127 cm³/mol. The van der Waals surface area contributed by atoms with Gasteiger partial charge in [-0.3, -0.25) is 9.80 Å². The molecule has 0 aromatic heterocycles. The molecule has 1 saturated heterocycles. The Labute approximate surface area is 188 Å². The quantitative estimate of drug-likeness (QED) is 0.578. The highest BCUT2D eigenvalue weighted by Crippen LogP contribution is 2.47. The van der Waals surface area contributed by atoms with Crippen LogP contribution >= 0.6 is 0 Å². The Morgan fingerprint density at radius 3 is 2.44 bits per heavy atom. The number of anilines is 2. The molecule has 3 aromatic rings. The molecule has 4 nitrogen and oxygen atoms in total. The smallest absolute Gasteiger partial charge is 0.308 e. The van der Waals surface area contributed by atoms with E-state index in [1.807, 2.05) is 30.3 Å². The molecule has 0 bridgehead atoms. The molecule has 1 N–H and O–H groups in total. The monoisotopic (exact) mass is 429 g/mol. The van der Waals surface area contributed by atoms with Crippen LogP contribution in [0.2, 0.25) is 0 Å². The number of carbonyl (C=O) groups excluding carboxylic acids is 1. The summed E-state index contributed by atoms with van der Waals surface area (Å²) in [5.41, 5.74) is 4.94. The summed E-state index contributed by atoms with van der Waals surface area (Å²) in [6, 6.07) is 22.8. The molecular weight excluding hydrogens is 401 g/mol. The molecule has 164 valence electrons. The topological polar surface area (TPSA) is 35.6 Å². The highest BCUT2D eigenvalue weighted by molar-refractivity contribution is 6.03. The number of hydrogen-bond donors (Lipinski definition) is 1. The lowest BCUT2D eigenvalue weighted by Gasteiger charge is -2.40. The van der Waals surface area contributed by atoms with Crippen LogP contribution in [0.25, 0.3) is 0 Å². The summed E-state index contributed by atoms with van der Waals surface area (Å²) in [7, 11) is 0.